The monoisotopic (exact) mass is 464 g/mol. The van der Waals surface area contributed by atoms with Gasteiger partial charge in [0.05, 0.1) is 11.3 Å². The van der Waals surface area contributed by atoms with E-state index in [4.69, 9.17) is 4.74 Å². The van der Waals surface area contributed by atoms with Gasteiger partial charge in [-0.15, -0.1) is 6.58 Å². The van der Waals surface area contributed by atoms with E-state index < -0.39 is 5.97 Å². The fourth-order valence-electron chi connectivity index (χ4n) is 3.92. The van der Waals surface area contributed by atoms with Gasteiger partial charge in [0.1, 0.15) is 6.61 Å². The molecular formula is C30H28N2O3. The van der Waals surface area contributed by atoms with E-state index in [1.807, 2.05) is 48.5 Å². The Hall–Kier alpha value is -4.22. The summed E-state index contributed by atoms with van der Waals surface area (Å²) >= 11 is 0. The summed E-state index contributed by atoms with van der Waals surface area (Å²) < 4.78 is 5.47. The third kappa shape index (κ3) is 6.43. The fourth-order valence-corrected chi connectivity index (χ4v) is 3.92. The minimum atomic E-state index is -0.486. The number of benzene rings is 4. The number of nitrogens with one attached hydrogen (secondary N) is 2. The van der Waals surface area contributed by atoms with Crippen molar-refractivity contribution >= 4 is 28.3 Å². The molecule has 4 aromatic carbocycles. The second kappa shape index (κ2) is 11.8. The Labute approximate surface area is 205 Å². The number of hydrogen-bond acceptors (Lipinski definition) is 4. The summed E-state index contributed by atoms with van der Waals surface area (Å²) in [6, 6.07) is 30.5. The van der Waals surface area contributed by atoms with Crippen LogP contribution in [0.1, 0.15) is 33.9 Å². The van der Waals surface area contributed by atoms with Crippen LogP contribution in [-0.2, 0) is 16.1 Å². The van der Waals surface area contributed by atoms with Crippen molar-refractivity contribution in [1.82, 2.24) is 5.32 Å². The minimum absolute atomic E-state index is 0.164. The maximum absolute atomic E-state index is 13.0. The largest absolute Gasteiger partial charge is 0.457 e. The predicted octanol–water partition coefficient (Wildman–Crippen LogP) is 6.04. The topological polar surface area (TPSA) is 67.4 Å². The van der Waals surface area contributed by atoms with E-state index in [0.29, 0.717) is 17.8 Å². The average molecular weight is 465 g/mol. The molecule has 0 aliphatic carbocycles. The molecule has 0 radical (unpaired) electrons. The number of rotatable bonds is 10. The van der Waals surface area contributed by atoms with E-state index in [1.165, 1.54) is 0 Å². The standard InChI is InChI=1S/C30H28N2O3/c1-2-18-31-28(25-17-16-23-12-6-7-13-24(23)19-25)20-29(33)32-27-15-9-8-14-26(27)30(34)35-21-22-10-4-3-5-11-22/h2-17,19,28,31H,1,18,20-21H2,(H,32,33). The van der Waals surface area contributed by atoms with Crippen LogP contribution in [0, 0.1) is 0 Å². The molecule has 0 aliphatic rings. The zero-order valence-electron chi connectivity index (χ0n) is 19.4. The fraction of sp³-hybridized carbons (Fsp3) is 0.133. The summed E-state index contributed by atoms with van der Waals surface area (Å²) in [7, 11) is 0. The first-order valence-electron chi connectivity index (χ1n) is 11.6. The smallest absolute Gasteiger partial charge is 0.340 e. The van der Waals surface area contributed by atoms with Gasteiger partial charge in [0.25, 0.3) is 0 Å². The number of esters is 1. The number of fused-ring (bicyclic) bond motifs is 1. The highest BCUT2D eigenvalue weighted by Crippen LogP contribution is 2.24. The maximum Gasteiger partial charge on any atom is 0.340 e. The SMILES string of the molecule is C=CCNC(CC(=O)Nc1ccccc1C(=O)OCc1ccccc1)c1ccc2ccccc2c1. The number of para-hydroxylation sites is 1. The zero-order valence-corrected chi connectivity index (χ0v) is 19.4. The molecule has 1 amide bonds. The van der Waals surface area contributed by atoms with Crippen LogP contribution < -0.4 is 10.6 Å². The van der Waals surface area contributed by atoms with E-state index >= 15 is 0 Å². The van der Waals surface area contributed by atoms with Crippen molar-refractivity contribution in [1.29, 1.82) is 0 Å². The van der Waals surface area contributed by atoms with Gasteiger partial charge in [-0.25, -0.2) is 4.79 Å². The number of hydrogen-bond donors (Lipinski definition) is 2. The third-order valence-electron chi connectivity index (χ3n) is 5.71. The van der Waals surface area contributed by atoms with E-state index in [2.05, 4.69) is 41.5 Å². The number of ether oxygens (including phenoxy) is 1. The normalized spacial score (nSPS) is 11.5. The van der Waals surface area contributed by atoms with Crippen molar-refractivity contribution in [2.24, 2.45) is 0 Å². The lowest BCUT2D eigenvalue weighted by molar-refractivity contribution is -0.116. The summed E-state index contributed by atoms with van der Waals surface area (Å²) in [5.41, 5.74) is 2.65. The van der Waals surface area contributed by atoms with Gasteiger partial charge in [0, 0.05) is 19.0 Å². The Balaban J connectivity index is 1.46. The van der Waals surface area contributed by atoms with Gasteiger partial charge in [-0.05, 0) is 40.1 Å². The molecule has 0 saturated carbocycles. The summed E-state index contributed by atoms with van der Waals surface area (Å²) in [4.78, 5) is 25.8. The van der Waals surface area contributed by atoms with Crippen LogP contribution in [0.25, 0.3) is 10.8 Å². The van der Waals surface area contributed by atoms with Crippen molar-refractivity contribution in [2.75, 3.05) is 11.9 Å². The molecule has 0 aromatic heterocycles. The molecule has 0 saturated heterocycles. The molecule has 4 rings (SSSR count). The third-order valence-corrected chi connectivity index (χ3v) is 5.71. The van der Waals surface area contributed by atoms with Crippen LogP contribution >= 0.6 is 0 Å². The second-order valence-corrected chi connectivity index (χ2v) is 8.22. The molecule has 1 atom stereocenters. The number of carbonyl (C=O) groups excluding carboxylic acids is 2. The molecule has 35 heavy (non-hydrogen) atoms. The first-order chi connectivity index (χ1) is 17.1. The molecule has 0 bridgehead atoms. The van der Waals surface area contributed by atoms with Crippen molar-refractivity contribution in [2.45, 2.75) is 19.1 Å². The summed E-state index contributed by atoms with van der Waals surface area (Å²) in [6.07, 6.45) is 1.96. The Morgan fingerprint density at radius 2 is 1.57 bits per heavy atom. The quantitative estimate of drug-likeness (QED) is 0.222. The van der Waals surface area contributed by atoms with E-state index in [9.17, 15) is 9.59 Å². The summed E-state index contributed by atoms with van der Waals surface area (Å²) in [5.74, 6) is -0.691. The molecule has 2 N–H and O–H groups in total. The van der Waals surface area contributed by atoms with Gasteiger partial charge < -0.3 is 15.4 Å². The zero-order chi connectivity index (χ0) is 24.5. The molecule has 0 heterocycles. The average Bonchev–Trinajstić information content (AvgIpc) is 2.90. The molecule has 0 fully saturated rings. The lowest BCUT2D eigenvalue weighted by Crippen LogP contribution is -2.27. The Morgan fingerprint density at radius 3 is 2.37 bits per heavy atom. The van der Waals surface area contributed by atoms with Crippen LogP contribution in [0.2, 0.25) is 0 Å². The summed E-state index contributed by atoms with van der Waals surface area (Å²) in [5, 5.41) is 8.53. The van der Waals surface area contributed by atoms with Crippen LogP contribution in [0.3, 0.4) is 0 Å². The van der Waals surface area contributed by atoms with E-state index in [0.717, 1.165) is 21.9 Å². The van der Waals surface area contributed by atoms with Crippen LogP contribution in [0.5, 0.6) is 0 Å². The second-order valence-electron chi connectivity index (χ2n) is 8.22. The molecule has 1 unspecified atom stereocenters. The minimum Gasteiger partial charge on any atom is -0.457 e. The highest BCUT2D eigenvalue weighted by molar-refractivity contribution is 6.01. The van der Waals surface area contributed by atoms with E-state index in [-0.39, 0.29) is 25.0 Å². The van der Waals surface area contributed by atoms with Gasteiger partial charge in [-0.3, -0.25) is 4.79 Å². The predicted molar refractivity (Wildman–Crippen MR) is 140 cm³/mol. The molecule has 176 valence electrons. The molecule has 5 heteroatoms. The number of amides is 1. The molecule has 0 aliphatic heterocycles. The number of carbonyl (C=O) groups is 2. The van der Waals surface area contributed by atoms with Crippen molar-refractivity contribution < 1.29 is 14.3 Å². The van der Waals surface area contributed by atoms with Crippen LogP contribution in [0.15, 0.2) is 110 Å². The van der Waals surface area contributed by atoms with Gasteiger partial charge in [0.2, 0.25) is 5.91 Å². The first-order valence-corrected chi connectivity index (χ1v) is 11.6. The Bertz CT molecular complexity index is 1320. The van der Waals surface area contributed by atoms with Crippen molar-refractivity contribution in [3.63, 3.8) is 0 Å². The lowest BCUT2D eigenvalue weighted by Gasteiger charge is -2.19. The van der Waals surface area contributed by atoms with E-state index in [1.54, 1.807) is 30.3 Å². The molecule has 5 nitrogen and oxygen atoms in total. The molecule has 0 spiro atoms. The van der Waals surface area contributed by atoms with Crippen LogP contribution in [-0.4, -0.2) is 18.4 Å². The summed E-state index contributed by atoms with van der Waals surface area (Å²) in [6.45, 7) is 4.51. The van der Waals surface area contributed by atoms with Gasteiger partial charge in [-0.1, -0.05) is 84.9 Å². The van der Waals surface area contributed by atoms with Gasteiger partial charge in [0.15, 0.2) is 0 Å². The Kier molecular flexibility index (Phi) is 8.04. The highest BCUT2D eigenvalue weighted by atomic mass is 16.5. The number of anilines is 1. The van der Waals surface area contributed by atoms with Gasteiger partial charge >= 0.3 is 5.97 Å². The highest BCUT2D eigenvalue weighted by Gasteiger charge is 2.19. The van der Waals surface area contributed by atoms with Crippen LogP contribution in [0.4, 0.5) is 5.69 Å². The molecular weight excluding hydrogens is 436 g/mol. The first kappa shape index (κ1) is 23.9. The Morgan fingerprint density at radius 1 is 0.857 bits per heavy atom. The van der Waals surface area contributed by atoms with Gasteiger partial charge in [-0.2, -0.15) is 0 Å². The molecule has 4 aromatic rings. The maximum atomic E-state index is 13.0. The van der Waals surface area contributed by atoms with Crippen molar-refractivity contribution in [3.05, 3.63) is 126 Å². The van der Waals surface area contributed by atoms with Crippen molar-refractivity contribution in [3.8, 4) is 0 Å². The lowest BCUT2D eigenvalue weighted by atomic mass is 9.99.